The Hall–Kier alpha value is -2.91. The van der Waals surface area contributed by atoms with Crippen molar-refractivity contribution in [3.8, 4) is 11.8 Å². The second-order valence-corrected chi connectivity index (χ2v) is 8.39. The molecule has 0 saturated carbocycles. The molecule has 1 N–H and O–H groups in total. The quantitative estimate of drug-likeness (QED) is 0.537. The number of methoxy groups -OCH3 is 1. The first-order chi connectivity index (χ1) is 15.3. The number of hydrogen-bond donors (Lipinski definition) is 1. The fourth-order valence-corrected chi connectivity index (χ4v) is 3.01. The van der Waals surface area contributed by atoms with Crippen molar-refractivity contribution < 1.29 is 14.3 Å². The van der Waals surface area contributed by atoms with Gasteiger partial charge in [0.2, 0.25) is 0 Å². The van der Waals surface area contributed by atoms with Crippen LogP contribution in [0.3, 0.4) is 0 Å². The molecule has 0 unspecified atom stereocenters. The molecule has 0 fully saturated rings. The zero-order valence-electron chi connectivity index (χ0n) is 20.3. The second kappa shape index (κ2) is 15.0. The number of aromatic nitrogens is 1. The maximum absolute atomic E-state index is 11.4. The summed E-state index contributed by atoms with van der Waals surface area (Å²) in [6.45, 7) is 12.2. The lowest BCUT2D eigenvalue weighted by molar-refractivity contribution is 0.0951. The number of hydrogen-bond acceptors (Lipinski definition) is 5. The number of nitrogens with one attached hydrogen (secondary N) is 1. The molecule has 32 heavy (non-hydrogen) atoms. The molecular formula is C26H37N3O3. The van der Waals surface area contributed by atoms with Crippen molar-refractivity contribution in [3.05, 3.63) is 58.9 Å². The Morgan fingerprint density at radius 1 is 1.06 bits per heavy atom. The number of pyridine rings is 1. The first-order valence-corrected chi connectivity index (χ1v) is 11.2. The molecule has 0 aliphatic rings. The van der Waals surface area contributed by atoms with E-state index < -0.39 is 0 Å². The number of ether oxygens (including phenoxy) is 2. The number of nitriles is 1. The van der Waals surface area contributed by atoms with E-state index in [0.717, 1.165) is 12.8 Å². The van der Waals surface area contributed by atoms with E-state index in [1.165, 1.54) is 11.1 Å². The summed E-state index contributed by atoms with van der Waals surface area (Å²) in [5.74, 6) is 1.76. The fraction of sp³-hybridized carbons (Fsp3) is 0.500. The van der Waals surface area contributed by atoms with E-state index in [9.17, 15) is 4.79 Å². The standard InChI is InChI=1S/C14H19NO2.C12H18N2O/c1-11(2)8-12-4-5-13(10-15)14(9-12)17-7-6-16-3;1-4-13-12(15)11-6-5-10(8-14-11)7-9(2)3/h4-5,9,11H,6-8H2,1-3H3;5-6,8-9H,4,7H2,1-3H3,(H,13,15). The van der Waals surface area contributed by atoms with E-state index in [1.54, 1.807) is 19.4 Å². The lowest BCUT2D eigenvalue weighted by atomic mass is 10.0. The summed E-state index contributed by atoms with van der Waals surface area (Å²) in [6, 6.07) is 11.6. The van der Waals surface area contributed by atoms with Crippen molar-refractivity contribution in [2.45, 2.75) is 47.5 Å². The number of nitrogens with zero attached hydrogens (tertiary/aromatic N) is 2. The van der Waals surface area contributed by atoms with Gasteiger partial charge in [-0.3, -0.25) is 9.78 Å². The molecule has 0 atom stereocenters. The van der Waals surface area contributed by atoms with Crippen LogP contribution in [0, 0.1) is 23.2 Å². The van der Waals surface area contributed by atoms with Gasteiger partial charge in [-0.05, 0) is 60.9 Å². The molecular weight excluding hydrogens is 402 g/mol. The molecule has 0 aliphatic heterocycles. The minimum Gasteiger partial charge on any atom is -0.490 e. The monoisotopic (exact) mass is 439 g/mol. The smallest absolute Gasteiger partial charge is 0.269 e. The van der Waals surface area contributed by atoms with Crippen LogP contribution in [-0.2, 0) is 17.6 Å². The van der Waals surface area contributed by atoms with Crippen LogP contribution in [0.4, 0.5) is 0 Å². The van der Waals surface area contributed by atoms with E-state index >= 15 is 0 Å². The molecule has 0 bridgehead atoms. The van der Waals surface area contributed by atoms with Crippen LogP contribution in [0.2, 0.25) is 0 Å². The van der Waals surface area contributed by atoms with E-state index in [1.807, 2.05) is 31.2 Å². The summed E-state index contributed by atoms with van der Waals surface area (Å²) < 4.78 is 10.5. The zero-order valence-corrected chi connectivity index (χ0v) is 20.3. The number of carbonyl (C=O) groups excluding carboxylic acids is 1. The lowest BCUT2D eigenvalue weighted by Crippen LogP contribution is -2.23. The van der Waals surface area contributed by atoms with Crippen LogP contribution in [-0.4, -0.2) is 37.8 Å². The van der Waals surface area contributed by atoms with Crippen molar-refractivity contribution in [2.75, 3.05) is 26.9 Å². The van der Waals surface area contributed by atoms with Crippen LogP contribution in [0.1, 0.15) is 61.8 Å². The van der Waals surface area contributed by atoms with Gasteiger partial charge in [0.15, 0.2) is 0 Å². The zero-order chi connectivity index (χ0) is 23.9. The predicted molar refractivity (Wildman–Crippen MR) is 128 cm³/mol. The molecule has 2 aromatic rings. The topological polar surface area (TPSA) is 84.2 Å². The highest BCUT2D eigenvalue weighted by Crippen LogP contribution is 2.21. The molecule has 2 rings (SSSR count). The van der Waals surface area contributed by atoms with Crippen molar-refractivity contribution in [1.82, 2.24) is 10.3 Å². The highest BCUT2D eigenvalue weighted by molar-refractivity contribution is 5.92. The minimum absolute atomic E-state index is 0.103. The third-order valence-electron chi connectivity index (χ3n) is 4.39. The molecule has 1 aromatic heterocycles. The largest absolute Gasteiger partial charge is 0.490 e. The van der Waals surface area contributed by atoms with Crippen LogP contribution < -0.4 is 10.1 Å². The molecule has 174 valence electrons. The summed E-state index contributed by atoms with van der Waals surface area (Å²) in [4.78, 5) is 15.5. The van der Waals surface area contributed by atoms with Crippen LogP contribution in [0.15, 0.2) is 36.5 Å². The van der Waals surface area contributed by atoms with Gasteiger partial charge < -0.3 is 14.8 Å². The van der Waals surface area contributed by atoms with Crippen molar-refractivity contribution in [1.29, 1.82) is 5.26 Å². The first kappa shape index (κ1) is 27.1. The van der Waals surface area contributed by atoms with E-state index in [2.05, 4.69) is 44.1 Å². The Labute approximate surface area is 193 Å². The molecule has 0 spiro atoms. The van der Waals surface area contributed by atoms with Gasteiger partial charge in [-0.2, -0.15) is 5.26 Å². The third-order valence-corrected chi connectivity index (χ3v) is 4.39. The number of carbonyl (C=O) groups is 1. The van der Waals surface area contributed by atoms with Crippen LogP contribution in [0.5, 0.6) is 5.75 Å². The average Bonchev–Trinajstić information content (AvgIpc) is 2.74. The first-order valence-electron chi connectivity index (χ1n) is 11.2. The van der Waals surface area contributed by atoms with Crippen LogP contribution >= 0.6 is 0 Å². The van der Waals surface area contributed by atoms with Gasteiger partial charge in [-0.25, -0.2) is 0 Å². The van der Waals surface area contributed by atoms with Crippen molar-refractivity contribution in [3.63, 3.8) is 0 Å². The highest BCUT2D eigenvalue weighted by atomic mass is 16.5. The fourth-order valence-electron chi connectivity index (χ4n) is 3.01. The molecule has 0 saturated heterocycles. The molecule has 6 nitrogen and oxygen atoms in total. The molecule has 1 heterocycles. The summed E-state index contributed by atoms with van der Waals surface area (Å²) in [6.07, 6.45) is 3.78. The molecule has 1 aromatic carbocycles. The Morgan fingerprint density at radius 2 is 1.72 bits per heavy atom. The van der Waals surface area contributed by atoms with Gasteiger partial charge >= 0.3 is 0 Å². The molecule has 1 amide bonds. The summed E-state index contributed by atoms with van der Waals surface area (Å²) in [7, 11) is 1.63. The SMILES string of the molecule is CCNC(=O)c1ccc(CC(C)C)cn1.COCCOc1cc(CC(C)C)ccc1C#N. The van der Waals surface area contributed by atoms with E-state index in [4.69, 9.17) is 14.7 Å². The Balaban J connectivity index is 0.000000323. The molecule has 0 radical (unpaired) electrons. The van der Waals surface area contributed by atoms with Gasteiger partial charge in [0.1, 0.15) is 24.1 Å². The molecule has 0 aliphatic carbocycles. The van der Waals surface area contributed by atoms with Crippen molar-refractivity contribution in [2.24, 2.45) is 11.8 Å². The van der Waals surface area contributed by atoms with Gasteiger partial charge in [0, 0.05) is 19.9 Å². The van der Waals surface area contributed by atoms with Gasteiger partial charge in [0.05, 0.1) is 12.2 Å². The third kappa shape index (κ3) is 10.4. The van der Waals surface area contributed by atoms with Gasteiger partial charge in [-0.15, -0.1) is 0 Å². The normalized spacial score (nSPS) is 10.3. The van der Waals surface area contributed by atoms with Crippen LogP contribution in [0.25, 0.3) is 0 Å². The Kier molecular flexibility index (Phi) is 12.7. The lowest BCUT2D eigenvalue weighted by Gasteiger charge is -2.10. The average molecular weight is 440 g/mol. The van der Waals surface area contributed by atoms with Gasteiger partial charge in [0.25, 0.3) is 5.91 Å². The minimum atomic E-state index is -0.103. The second-order valence-electron chi connectivity index (χ2n) is 8.39. The maximum atomic E-state index is 11.4. The summed E-state index contributed by atoms with van der Waals surface area (Å²) >= 11 is 0. The summed E-state index contributed by atoms with van der Waals surface area (Å²) in [5, 5.41) is 11.7. The van der Waals surface area contributed by atoms with Gasteiger partial charge in [-0.1, -0.05) is 39.8 Å². The predicted octanol–water partition coefficient (Wildman–Crippen LogP) is 4.81. The number of amides is 1. The van der Waals surface area contributed by atoms with Crippen molar-refractivity contribution >= 4 is 5.91 Å². The number of rotatable bonds is 10. The Bertz CT molecular complexity index is 856. The molecule has 6 heteroatoms. The summed E-state index contributed by atoms with van der Waals surface area (Å²) in [5.41, 5.74) is 3.45. The Morgan fingerprint density at radius 3 is 2.25 bits per heavy atom. The highest BCUT2D eigenvalue weighted by Gasteiger charge is 2.07. The maximum Gasteiger partial charge on any atom is 0.269 e. The van der Waals surface area contributed by atoms with E-state index in [0.29, 0.717) is 48.6 Å². The number of benzene rings is 1. The van der Waals surface area contributed by atoms with E-state index in [-0.39, 0.29) is 5.91 Å².